The van der Waals surface area contributed by atoms with Gasteiger partial charge in [-0.3, -0.25) is 0 Å². The van der Waals surface area contributed by atoms with Gasteiger partial charge in [0.2, 0.25) is 5.89 Å². The maximum Gasteiger partial charge on any atom is 0.228 e. The van der Waals surface area contributed by atoms with Crippen LogP contribution in [0.5, 0.6) is 0 Å². The van der Waals surface area contributed by atoms with Gasteiger partial charge in [-0.2, -0.15) is 4.98 Å². The molecule has 5 nitrogen and oxygen atoms in total. The number of hydrogen-bond donors (Lipinski definition) is 1. The minimum Gasteiger partial charge on any atom is -0.383 e. The summed E-state index contributed by atoms with van der Waals surface area (Å²) < 4.78 is 10.2. The number of aromatic nitrogens is 2. The summed E-state index contributed by atoms with van der Waals surface area (Å²) in [7, 11) is 1.64. The van der Waals surface area contributed by atoms with Crippen LogP contribution in [0.15, 0.2) is 4.52 Å². The molecule has 1 fully saturated rings. The first kappa shape index (κ1) is 12.5. The van der Waals surface area contributed by atoms with Crippen LogP contribution in [0, 0.1) is 5.92 Å². The smallest absolute Gasteiger partial charge is 0.228 e. The zero-order chi connectivity index (χ0) is 12.3. The standard InChI is InChI=1S/C12H21N3O2/c1-8-3-4-9(5-8)12-14-11(17-15-12)6-10(13)7-16-2/h8-10H,3-7,13H2,1-2H3. The number of rotatable bonds is 5. The Hall–Kier alpha value is -0.940. The van der Waals surface area contributed by atoms with Crippen LogP contribution >= 0.6 is 0 Å². The predicted octanol–water partition coefficient (Wildman–Crippen LogP) is 1.49. The van der Waals surface area contributed by atoms with Crippen LogP contribution in [0.2, 0.25) is 0 Å². The molecular formula is C12H21N3O2. The minimum absolute atomic E-state index is 0.0733. The lowest BCUT2D eigenvalue weighted by Crippen LogP contribution is -2.28. The van der Waals surface area contributed by atoms with E-state index in [1.54, 1.807) is 7.11 Å². The molecule has 3 atom stereocenters. The van der Waals surface area contributed by atoms with Crippen molar-refractivity contribution in [3.05, 3.63) is 11.7 Å². The molecule has 1 aliphatic carbocycles. The summed E-state index contributed by atoms with van der Waals surface area (Å²) in [5, 5.41) is 4.06. The number of nitrogens with zero attached hydrogens (tertiary/aromatic N) is 2. The van der Waals surface area contributed by atoms with Crippen molar-refractivity contribution in [1.82, 2.24) is 10.1 Å². The second-order valence-corrected chi connectivity index (χ2v) is 5.08. The molecule has 0 aliphatic heterocycles. The first-order valence-corrected chi connectivity index (χ1v) is 6.26. The normalized spacial score (nSPS) is 26.3. The lowest BCUT2D eigenvalue weighted by Gasteiger charge is -2.06. The molecule has 0 aromatic carbocycles. The van der Waals surface area contributed by atoms with Gasteiger partial charge >= 0.3 is 0 Å². The van der Waals surface area contributed by atoms with E-state index in [4.69, 9.17) is 15.0 Å². The van der Waals surface area contributed by atoms with E-state index in [9.17, 15) is 0 Å². The molecule has 2 rings (SSSR count). The summed E-state index contributed by atoms with van der Waals surface area (Å²) in [6, 6.07) is -0.0733. The molecule has 0 radical (unpaired) electrons. The highest BCUT2D eigenvalue weighted by molar-refractivity contribution is 4.99. The van der Waals surface area contributed by atoms with E-state index >= 15 is 0 Å². The number of ether oxygens (including phenoxy) is 1. The van der Waals surface area contributed by atoms with Crippen molar-refractivity contribution in [3.63, 3.8) is 0 Å². The molecule has 0 amide bonds. The highest BCUT2D eigenvalue weighted by Crippen LogP contribution is 2.36. The third-order valence-electron chi connectivity index (χ3n) is 3.36. The van der Waals surface area contributed by atoms with Gasteiger partial charge in [-0.25, -0.2) is 0 Å². The van der Waals surface area contributed by atoms with Crippen LogP contribution in [0.3, 0.4) is 0 Å². The fourth-order valence-electron chi connectivity index (χ4n) is 2.46. The third-order valence-corrected chi connectivity index (χ3v) is 3.36. The molecular weight excluding hydrogens is 218 g/mol. The van der Waals surface area contributed by atoms with Crippen molar-refractivity contribution in [2.24, 2.45) is 11.7 Å². The van der Waals surface area contributed by atoms with Gasteiger partial charge in [0.1, 0.15) is 0 Å². The molecule has 1 aromatic rings. The Balaban J connectivity index is 1.91. The third kappa shape index (κ3) is 3.26. The lowest BCUT2D eigenvalue weighted by atomic mass is 10.1. The first-order valence-electron chi connectivity index (χ1n) is 6.26. The van der Waals surface area contributed by atoms with Gasteiger partial charge in [-0.05, 0) is 25.2 Å². The molecule has 1 saturated carbocycles. The van der Waals surface area contributed by atoms with Gasteiger partial charge in [0.25, 0.3) is 0 Å². The molecule has 17 heavy (non-hydrogen) atoms. The summed E-state index contributed by atoms with van der Waals surface area (Å²) in [5.41, 5.74) is 5.85. The minimum atomic E-state index is -0.0733. The molecule has 96 valence electrons. The van der Waals surface area contributed by atoms with Gasteiger partial charge in [-0.1, -0.05) is 12.1 Å². The average Bonchev–Trinajstić information content (AvgIpc) is 2.87. The zero-order valence-corrected chi connectivity index (χ0v) is 10.6. The Kier molecular flexibility index (Phi) is 4.12. The number of methoxy groups -OCH3 is 1. The molecule has 0 saturated heterocycles. The largest absolute Gasteiger partial charge is 0.383 e. The topological polar surface area (TPSA) is 74.2 Å². The summed E-state index contributed by atoms with van der Waals surface area (Å²) >= 11 is 0. The van der Waals surface area contributed by atoms with E-state index in [2.05, 4.69) is 17.1 Å². The lowest BCUT2D eigenvalue weighted by molar-refractivity contribution is 0.176. The molecule has 3 unspecified atom stereocenters. The van der Waals surface area contributed by atoms with Crippen molar-refractivity contribution in [2.45, 2.75) is 44.6 Å². The fourth-order valence-corrected chi connectivity index (χ4v) is 2.46. The van der Waals surface area contributed by atoms with Gasteiger partial charge in [0.05, 0.1) is 6.61 Å². The Morgan fingerprint density at radius 1 is 1.53 bits per heavy atom. The maximum atomic E-state index is 5.85. The van der Waals surface area contributed by atoms with Crippen molar-refractivity contribution in [3.8, 4) is 0 Å². The van der Waals surface area contributed by atoms with Crippen LogP contribution in [-0.4, -0.2) is 29.9 Å². The Labute approximate surface area is 102 Å². The Morgan fingerprint density at radius 3 is 3.00 bits per heavy atom. The van der Waals surface area contributed by atoms with Crippen LogP contribution in [0.1, 0.15) is 43.8 Å². The van der Waals surface area contributed by atoms with Gasteiger partial charge in [0.15, 0.2) is 5.82 Å². The second-order valence-electron chi connectivity index (χ2n) is 5.08. The van der Waals surface area contributed by atoms with Crippen LogP contribution < -0.4 is 5.73 Å². The second kappa shape index (κ2) is 5.60. The van der Waals surface area contributed by atoms with E-state index in [-0.39, 0.29) is 6.04 Å². The molecule has 2 N–H and O–H groups in total. The van der Waals surface area contributed by atoms with E-state index in [1.165, 1.54) is 19.3 Å². The predicted molar refractivity (Wildman–Crippen MR) is 63.6 cm³/mol. The van der Waals surface area contributed by atoms with Gasteiger partial charge < -0.3 is 15.0 Å². The van der Waals surface area contributed by atoms with E-state index < -0.39 is 0 Å². The maximum absolute atomic E-state index is 5.85. The quantitative estimate of drug-likeness (QED) is 0.842. The van der Waals surface area contributed by atoms with E-state index in [0.717, 1.165) is 11.7 Å². The van der Waals surface area contributed by atoms with Crippen LogP contribution in [0.4, 0.5) is 0 Å². The van der Waals surface area contributed by atoms with Gasteiger partial charge in [0, 0.05) is 25.5 Å². The monoisotopic (exact) mass is 239 g/mol. The number of hydrogen-bond acceptors (Lipinski definition) is 5. The van der Waals surface area contributed by atoms with Crippen molar-refractivity contribution in [1.29, 1.82) is 0 Å². The Morgan fingerprint density at radius 2 is 2.35 bits per heavy atom. The van der Waals surface area contributed by atoms with Crippen LogP contribution in [-0.2, 0) is 11.2 Å². The molecule has 0 spiro atoms. The van der Waals surface area contributed by atoms with Crippen molar-refractivity contribution in [2.75, 3.05) is 13.7 Å². The summed E-state index contributed by atoms with van der Waals surface area (Å²) in [6.07, 6.45) is 4.19. The van der Waals surface area contributed by atoms with Crippen molar-refractivity contribution < 1.29 is 9.26 Å². The molecule has 1 heterocycles. The average molecular weight is 239 g/mol. The van der Waals surface area contributed by atoms with Gasteiger partial charge in [-0.15, -0.1) is 0 Å². The fraction of sp³-hybridized carbons (Fsp3) is 0.833. The molecule has 0 bridgehead atoms. The summed E-state index contributed by atoms with van der Waals surface area (Å²) in [6.45, 7) is 2.79. The SMILES string of the molecule is COCC(N)Cc1nc(C2CCC(C)C2)no1. The van der Waals surface area contributed by atoms with E-state index in [1.807, 2.05) is 0 Å². The molecule has 1 aliphatic rings. The summed E-state index contributed by atoms with van der Waals surface area (Å²) in [4.78, 5) is 4.44. The zero-order valence-electron chi connectivity index (χ0n) is 10.6. The van der Waals surface area contributed by atoms with Crippen molar-refractivity contribution >= 4 is 0 Å². The van der Waals surface area contributed by atoms with Crippen LogP contribution in [0.25, 0.3) is 0 Å². The number of nitrogens with two attached hydrogens (primary N) is 1. The summed E-state index contributed by atoms with van der Waals surface area (Å²) in [5.74, 6) is 2.73. The Bertz CT molecular complexity index is 353. The highest BCUT2D eigenvalue weighted by atomic mass is 16.5. The highest BCUT2D eigenvalue weighted by Gasteiger charge is 2.26. The molecule has 5 heteroatoms. The first-order chi connectivity index (χ1) is 8.19. The molecule has 1 aromatic heterocycles. The van der Waals surface area contributed by atoms with E-state index in [0.29, 0.717) is 24.8 Å².